The molecule has 1 aromatic heterocycles. The lowest BCUT2D eigenvalue weighted by atomic mass is 10.2. The minimum atomic E-state index is 0.162. The van der Waals surface area contributed by atoms with Crippen molar-refractivity contribution in [2.75, 3.05) is 37.8 Å². The molecule has 1 aromatic rings. The highest BCUT2D eigenvalue weighted by atomic mass is 16.5. The Bertz CT molecular complexity index is 375. The van der Waals surface area contributed by atoms with E-state index in [9.17, 15) is 0 Å². The molecule has 2 N–H and O–H groups in total. The van der Waals surface area contributed by atoms with Crippen molar-refractivity contribution in [1.82, 2.24) is 9.97 Å². The van der Waals surface area contributed by atoms with Crippen LogP contribution in [0.3, 0.4) is 0 Å². The maximum Gasteiger partial charge on any atom is 0.234 e. The highest BCUT2D eigenvalue weighted by Crippen LogP contribution is 2.18. The van der Waals surface area contributed by atoms with E-state index in [1.165, 1.54) is 0 Å². The van der Waals surface area contributed by atoms with E-state index in [1.807, 2.05) is 0 Å². The third kappa shape index (κ3) is 3.08. The van der Waals surface area contributed by atoms with Crippen molar-refractivity contribution in [3.05, 3.63) is 12.4 Å². The quantitative estimate of drug-likeness (QED) is 0.819. The Labute approximate surface area is 107 Å². The van der Waals surface area contributed by atoms with Crippen molar-refractivity contribution in [2.24, 2.45) is 5.73 Å². The van der Waals surface area contributed by atoms with E-state index in [2.05, 4.69) is 21.8 Å². The van der Waals surface area contributed by atoms with Crippen LogP contribution in [0, 0.1) is 0 Å². The fourth-order valence-electron chi connectivity index (χ4n) is 1.90. The Morgan fingerprint density at radius 1 is 1.56 bits per heavy atom. The maximum atomic E-state index is 5.75. The van der Waals surface area contributed by atoms with Gasteiger partial charge in [0.15, 0.2) is 5.82 Å². The Kier molecular flexibility index (Phi) is 4.72. The number of ether oxygens (including phenoxy) is 2. The molecule has 2 heterocycles. The van der Waals surface area contributed by atoms with E-state index < -0.39 is 0 Å². The molecule has 2 rings (SSSR count). The van der Waals surface area contributed by atoms with E-state index in [1.54, 1.807) is 12.4 Å². The Morgan fingerprint density at radius 2 is 2.44 bits per heavy atom. The zero-order valence-corrected chi connectivity index (χ0v) is 10.7. The first-order chi connectivity index (χ1) is 8.85. The van der Waals surface area contributed by atoms with Crippen LogP contribution in [0.1, 0.15) is 13.3 Å². The third-order valence-electron chi connectivity index (χ3n) is 2.85. The average Bonchev–Trinajstić information content (AvgIpc) is 2.45. The van der Waals surface area contributed by atoms with Crippen molar-refractivity contribution in [3.63, 3.8) is 0 Å². The van der Waals surface area contributed by atoms with Crippen LogP contribution >= 0.6 is 0 Å². The van der Waals surface area contributed by atoms with Crippen LogP contribution < -0.4 is 15.4 Å². The van der Waals surface area contributed by atoms with Gasteiger partial charge < -0.3 is 20.1 Å². The lowest BCUT2D eigenvalue weighted by Gasteiger charge is -2.35. The highest BCUT2D eigenvalue weighted by molar-refractivity contribution is 5.39. The van der Waals surface area contributed by atoms with Gasteiger partial charge in [-0.05, 0) is 6.42 Å². The summed E-state index contributed by atoms with van der Waals surface area (Å²) in [5, 5.41) is 0. The number of nitrogens with zero attached hydrogens (tertiary/aromatic N) is 3. The smallest absolute Gasteiger partial charge is 0.234 e. The molecule has 0 amide bonds. The van der Waals surface area contributed by atoms with Crippen LogP contribution in [0.2, 0.25) is 0 Å². The monoisotopic (exact) mass is 252 g/mol. The van der Waals surface area contributed by atoms with Crippen LogP contribution in [-0.2, 0) is 4.74 Å². The molecule has 1 aliphatic heterocycles. The van der Waals surface area contributed by atoms with Gasteiger partial charge in [-0.15, -0.1) is 0 Å². The van der Waals surface area contributed by atoms with Gasteiger partial charge in [-0.2, -0.15) is 4.98 Å². The molecule has 0 radical (unpaired) electrons. The lowest BCUT2D eigenvalue weighted by Crippen LogP contribution is -2.49. The van der Waals surface area contributed by atoms with Gasteiger partial charge in [0.1, 0.15) is 0 Å². The SMILES string of the molecule is CCCOc1cncc(N2CCOCC2CN)n1. The maximum absolute atomic E-state index is 5.75. The number of morpholine rings is 1. The predicted molar refractivity (Wildman–Crippen MR) is 68.8 cm³/mol. The van der Waals surface area contributed by atoms with E-state index in [0.717, 1.165) is 18.8 Å². The van der Waals surface area contributed by atoms with Gasteiger partial charge in [0.2, 0.25) is 5.88 Å². The predicted octanol–water partition coefficient (Wildman–Crippen LogP) is 0.429. The van der Waals surface area contributed by atoms with Crippen molar-refractivity contribution >= 4 is 5.82 Å². The van der Waals surface area contributed by atoms with Crippen molar-refractivity contribution in [3.8, 4) is 5.88 Å². The molecular weight excluding hydrogens is 232 g/mol. The molecule has 0 aromatic carbocycles. The molecule has 1 aliphatic rings. The summed E-state index contributed by atoms with van der Waals surface area (Å²) in [6.45, 7) is 5.37. The topological polar surface area (TPSA) is 73.5 Å². The van der Waals surface area contributed by atoms with Crippen LogP contribution in [0.15, 0.2) is 12.4 Å². The second-order valence-electron chi connectivity index (χ2n) is 4.22. The summed E-state index contributed by atoms with van der Waals surface area (Å²) in [5.74, 6) is 1.37. The largest absolute Gasteiger partial charge is 0.477 e. The van der Waals surface area contributed by atoms with Gasteiger partial charge >= 0.3 is 0 Å². The minimum Gasteiger partial charge on any atom is -0.477 e. The second kappa shape index (κ2) is 6.51. The molecule has 0 spiro atoms. The molecule has 1 fully saturated rings. The molecule has 1 unspecified atom stereocenters. The summed E-state index contributed by atoms with van der Waals surface area (Å²) in [4.78, 5) is 10.8. The van der Waals surface area contributed by atoms with E-state index in [-0.39, 0.29) is 6.04 Å². The van der Waals surface area contributed by atoms with E-state index in [4.69, 9.17) is 15.2 Å². The second-order valence-corrected chi connectivity index (χ2v) is 4.22. The van der Waals surface area contributed by atoms with Crippen molar-refractivity contribution in [1.29, 1.82) is 0 Å². The number of nitrogens with two attached hydrogens (primary N) is 1. The molecule has 1 saturated heterocycles. The molecule has 6 nitrogen and oxygen atoms in total. The first-order valence-electron chi connectivity index (χ1n) is 6.34. The molecule has 18 heavy (non-hydrogen) atoms. The van der Waals surface area contributed by atoms with Gasteiger partial charge in [0.05, 0.1) is 38.3 Å². The van der Waals surface area contributed by atoms with E-state index >= 15 is 0 Å². The van der Waals surface area contributed by atoms with Gasteiger partial charge in [-0.25, -0.2) is 0 Å². The molecule has 0 bridgehead atoms. The first kappa shape index (κ1) is 13.0. The van der Waals surface area contributed by atoms with Gasteiger partial charge in [0, 0.05) is 13.1 Å². The van der Waals surface area contributed by atoms with Gasteiger partial charge in [0.25, 0.3) is 0 Å². The number of rotatable bonds is 5. The van der Waals surface area contributed by atoms with Crippen LogP contribution in [0.4, 0.5) is 5.82 Å². The summed E-state index contributed by atoms with van der Waals surface area (Å²) in [6, 6.07) is 0.162. The summed E-state index contributed by atoms with van der Waals surface area (Å²) in [7, 11) is 0. The Hall–Kier alpha value is -1.40. The summed E-state index contributed by atoms with van der Waals surface area (Å²) in [6.07, 6.45) is 4.33. The number of hydrogen-bond acceptors (Lipinski definition) is 6. The van der Waals surface area contributed by atoms with Crippen LogP contribution in [0.25, 0.3) is 0 Å². The summed E-state index contributed by atoms with van der Waals surface area (Å²) >= 11 is 0. The Morgan fingerprint density at radius 3 is 3.22 bits per heavy atom. The summed E-state index contributed by atoms with van der Waals surface area (Å²) in [5.41, 5.74) is 5.75. The molecule has 1 atom stereocenters. The van der Waals surface area contributed by atoms with E-state index in [0.29, 0.717) is 32.2 Å². The summed E-state index contributed by atoms with van der Waals surface area (Å²) < 4.78 is 10.9. The highest BCUT2D eigenvalue weighted by Gasteiger charge is 2.23. The average molecular weight is 252 g/mol. The molecule has 0 aliphatic carbocycles. The Balaban J connectivity index is 2.10. The zero-order chi connectivity index (χ0) is 12.8. The molecular formula is C12H20N4O2. The van der Waals surface area contributed by atoms with Gasteiger partial charge in [-0.1, -0.05) is 6.92 Å². The normalized spacial score (nSPS) is 19.9. The first-order valence-corrected chi connectivity index (χ1v) is 6.34. The molecule has 0 saturated carbocycles. The number of aromatic nitrogens is 2. The minimum absolute atomic E-state index is 0.162. The zero-order valence-electron chi connectivity index (χ0n) is 10.7. The van der Waals surface area contributed by atoms with Crippen molar-refractivity contribution < 1.29 is 9.47 Å². The number of hydrogen-bond donors (Lipinski definition) is 1. The standard InChI is InChI=1S/C12H20N4O2/c1-2-4-18-12-8-14-7-11(15-12)16-3-5-17-9-10(16)6-13/h7-8,10H,2-6,9,13H2,1H3. The lowest BCUT2D eigenvalue weighted by molar-refractivity contribution is 0.0957. The van der Waals surface area contributed by atoms with Crippen LogP contribution in [-0.4, -0.2) is 48.9 Å². The fraction of sp³-hybridized carbons (Fsp3) is 0.667. The molecule has 6 heteroatoms. The molecule has 100 valence electrons. The fourth-order valence-corrected chi connectivity index (χ4v) is 1.90. The third-order valence-corrected chi connectivity index (χ3v) is 2.85. The van der Waals surface area contributed by atoms with Crippen molar-refractivity contribution in [2.45, 2.75) is 19.4 Å². The number of anilines is 1. The van der Waals surface area contributed by atoms with Gasteiger partial charge in [-0.3, -0.25) is 4.98 Å². The van der Waals surface area contributed by atoms with Crippen LogP contribution in [0.5, 0.6) is 5.88 Å².